The van der Waals surface area contributed by atoms with Crippen LogP contribution in [0.2, 0.25) is 0 Å². The smallest absolute Gasteiger partial charge is 0.341 e. The van der Waals surface area contributed by atoms with Crippen LogP contribution in [0.25, 0.3) is 0 Å². The maximum Gasteiger partial charge on any atom is 0.341 e. The number of aromatic nitrogens is 3. The first-order chi connectivity index (χ1) is 8.09. The average Bonchev–Trinajstić information content (AvgIpc) is 2.80. The Labute approximate surface area is 97.9 Å². The number of aromatic amines is 1. The first-order valence-corrected chi connectivity index (χ1v) is 5.03. The van der Waals surface area contributed by atoms with E-state index in [1.165, 1.54) is 6.20 Å². The van der Waals surface area contributed by atoms with E-state index >= 15 is 0 Å². The molecule has 0 spiro atoms. The molecule has 2 N–H and O–H groups in total. The number of anilines is 2. The third-order valence-corrected chi connectivity index (χ3v) is 2.38. The minimum atomic E-state index is -1.04. The minimum absolute atomic E-state index is 0.0766. The lowest BCUT2D eigenvalue weighted by Crippen LogP contribution is -2.17. The van der Waals surface area contributed by atoms with Gasteiger partial charge in [0.25, 0.3) is 0 Å². The van der Waals surface area contributed by atoms with E-state index in [0.717, 1.165) is 5.82 Å². The molecule has 2 aromatic rings. The van der Waals surface area contributed by atoms with Gasteiger partial charge in [0.05, 0.1) is 0 Å². The van der Waals surface area contributed by atoms with Crippen molar-refractivity contribution in [2.24, 2.45) is 0 Å². The lowest BCUT2D eigenvalue weighted by atomic mass is 10.3. The summed E-state index contributed by atoms with van der Waals surface area (Å²) in [5.41, 5.74) is 0.0766. The zero-order valence-corrected chi connectivity index (χ0v) is 9.51. The highest BCUT2D eigenvalue weighted by Crippen LogP contribution is 2.23. The first-order valence-electron chi connectivity index (χ1n) is 5.03. The number of rotatable bonds is 3. The molecule has 0 aromatic carbocycles. The number of aryl methyl sites for hydroxylation is 1. The fraction of sp³-hybridized carbons (Fsp3) is 0.182. The second-order valence-electron chi connectivity index (χ2n) is 3.57. The number of carboxylic acid groups (broad SMARTS) is 1. The molecule has 6 nitrogen and oxygen atoms in total. The summed E-state index contributed by atoms with van der Waals surface area (Å²) in [7, 11) is 1.75. The van der Waals surface area contributed by atoms with E-state index in [0.29, 0.717) is 11.6 Å². The Morgan fingerprint density at radius 1 is 1.53 bits per heavy atom. The van der Waals surface area contributed by atoms with Crippen molar-refractivity contribution in [2.45, 2.75) is 6.92 Å². The molecule has 0 unspecified atom stereocenters. The Bertz CT molecular complexity index is 536. The summed E-state index contributed by atoms with van der Waals surface area (Å²) in [6.45, 7) is 1.72. The van der Waals surface area contributed by atoms with Crippen molar-refractivity contribution in [3.63, 3.8) is 0 Å². The molecular formula is C11H12N4O2. The van der Waals surface area contributed by atoms with Gasteiger partial charge in [-0.1, -0.05) is 0 Å². The second-order valence-corrected chi connectivity index (χ2v) is 3.57. The predicted molar refractivity (Wildman–Crippen MR) is 62.6 cm³/mol. The number of H-pyrrole nitrogens is 1. The van der Waals surface area contributed by atoms with E-state index in [9.17, 15) is 4.79 Å². The molecule has 0 radical (unpaired) electrons. The van der Waals surface area contributed by atoms with Crippen LogP contribution in [0.15, 0.2) is 24.5 Å². The molecule has 0 amide bonds. The van der Waals surface area contributed by atoms with Gasteiger partial charge in [0.2, 0.25) is 0 Å². The lowest BCUT2D eigenvalue weighted by Gasteiger charge is -2.18. The van der Waals surface area contributed by atoms with E-state index in [2.05, 4.69) is 15.0 Å². The number of hydrogen-bond acceptors (Lipinski definition) is 4. The molecule has 0 saturated heterocycles. The minimum Gasteiger partial charge on any atom is -0.477 e. The molecule has 0 aliphatic carbocycles. The summed E-state index contributed by atoms with van der Waals surface area (Å²) < 4.78 is 0. The summed E-state index contributed by atoms with van der Waals surface area (Å²) in [5.74, 6) is 0.625. The molecule has 0 saturated carbocycles. The molecular weight excluding hydrogens is 220 g/mol. The molecule has 0 atom stereocenters. The Hall–Kier alpha value is -2.37. The Kier molecular flexibility index (Phi) is 2.78. The molecule has 17 heavy (non-hydrogen) atoms. The van der Waals surface area contributed by atoms with Gasteiger partial charge in [0, 0.05) is 19.4 Å². The number of nitrogens with one attached hydrogen (secondary N) is 1. The Morgan fingerprint density at radius 2 is 2.29 bits per heavy atom. The van der Waals surface area contributed by atoms with Crippen molar-refractivity contribution < 1.29 is 9.90 Å². The molecule has 6 heteroatoms. The quantitative estimate of drug-likeness (QED) is 0.839. The highest BCUT2D eigenvalue weighted by Gasteiger charge is 2.17. The van der Waals surface area contributed by atoms with Gasteiger partial charge in [0.1, 0.15) is 17.2 Å². The Morgan fingerprint density at radius 3 is 2.88 bits per heavy atom. The molecule has 88 valence electrons. The SMILES string of the molecule is Cc1ncc(C(=O)O)c(N(C)c2ccc[nH]2)n1. The summed E-state index contributed by atoms with van der Waals surface area (Å²) >= 11 is 0. The number of aromatic carboxylic acids is 1. The number of carboxylic acids is 1. The predicted octanol–water partition coefficient (Wildman–Crippen LogP) is 1.58. The fourth-order valence-electron chi connectivity index (χ4n) is 1.51. The van der Waals surface area contributed by atoms with Crippen LogP contribution in [0, 0.1) is 6.92 Å². The Balaban J connectivity index is 2.50. The third-order valence-electron chi connectivity index (χ3n) is 2.38. The summed E-state index contributed by atoms with van der Waals surface area (Å²) in [6, 6.07) is 3.67. The van der Waals surface area contributed by atoms with Gasteiger partial charge in [-0.2, -0.15) is 0 Å². The first kappa shape index (κ1) is 11.1. The summed E-state index contributed by atoms with van der Waals surface area (Å²) in [6.07, 6.45) is 3.08. The molecule has 2 aromatic heterocycles. The fourth-order valence-corrected chi connectivity index (χ4v) is 1.51. The van der Waals surface area contributed by atoms with Gasteiger partial charge in [0.15, 0.2) is 5.82 Å². The van der Waals surface area contributed by atoms with Crippen LogP contribution in [-0.2, 0) is 0 Å². The average molecular weight is 232 g/mol. The van der Waals surface area contributed by atoms with Crippen LogP contribution in [0.4, 0.5) is 11.6 Å². The maximum absolute atomic E-state index is 11.1. The van der Waals surface area contributed by atoms with E-state index in [1.807, 2.05) is 12.1 Å². The molecule has 2 heterocycles. The summed E-state index contributed by atoms with van der Waals surface area (Å²) in [4.78, 5) is 23.8. The van der Waals surface area contributed by atoms with Crippen LogP contribution in [-0.4, -0.2) is 33.1 Å². The normalized spacial score (nSPS) is 10.2. The number of nitrogens with zero attached hydrogens (tertiary/aromatic N) is 3. The van der Waals surface area contributed by atoms with Crippen molar-refractivity contribution in [2.75, 3.05) is 11.9 Å². The van der Waals surface area contributed by atoms with Gasteiger partial charge in [-0.25, -0.2) is 14.8 Å². The van der Waals surface area contributed by atoms with Crippen molar-refractivity contribution in [3.8, 4) is 0 Å². The highest BCUT2D eigenvalue weighted by molar-refractivity contribution is 5.93. The zero-order valence-electron chi connectivity index (χ0n) is 9.51. The largest absolute Gasteiger partial charge is 0.477 e. The van der Waals surface area contributed by atoms with Gasteiger partial charge in [-0.05, 0) is 19.1 Å². The second kappa shape index (κ2) is 4.25. The van der Waals surface area contributed by atoms with E-state index in [4.69, 9.17) is 5.11 Å². The highest BCUT2D eigenvalue weighted by atomic mass is 16.4. The van der Waals surface area contributed by atoms with E-state index < -0.39 is 5.97 Å². The monoisotopic (exact) mass is 232 g/mol. The van der Waals surface area contributed by atoms with Gasteiger partial charge < -0.3 is 15.0 Å². The number of carbonyl (C=O) groups is 1. The van der Waals surface area contributed by atoms with E-state index in [1.54, 1.807) is 25.1 Å². The lowest BCUT2D eigenvalue weighted by molar-refractivity contribution is 0.0697. The van der Waals surface area contributed by atoms with Crippen LogP contribution < -0.4 is 4.90 Å². The molecule has 0 fully saturated rings. The molecule has 2 rings (SSSR count). The standard InChI is InChI=1S/C11H12N4O2/c1-7-13-6-8(11(16)17)10(14-7)15(2)9-4-3-5-12-9/h3-6,12H,1-2H3,(H,16,17). The van der Waals surface area contributed by atoms with E-state index in [-0.39, 0.29) is 5.56 Å². The van der Waals surface area contributed by atoms with Gasteiger partial charge in [-0.15, -0.1) is 0 Å². The zero-order chi connectivity index (χ0) is 12.4. The van der Waals surface area contributed by atoms with Crippen molar-refractivity contribution in [1.82, 2.24) is 15.0 Å². The van der Waals surface area contributed by atoms with Crippen LogP contribution in [0.1, 0.15) is 16.2 Å². The van der Waals surface area contributed by atoms with Crippen molar-refractivity contribution >= 4 is 17.6 Å². The number of hydrogen-bond donors (Lipinski definition) is 2. The molecule has 0 aliphatic rings. The van der Waals surface area contributed by atoms with Gasteiger partial charge in [-0.3, -0.25) is 0 Å². The van der Waals surface area contributed by atoms with Gasteiger partial charge >= 0.3 is 5.97 Å². The maximum atomic E-state index is 11.1. The molecule has 0 bridgehead atoms. The molecule has 0 aliphatic heterocycles. The van der Waals surface area contributed by atoms with Crippen LogP contribution in [0.3, 0.4) is 0 Å². The summed E-state index contributed by atoms with van der Waals surface area (Å²) in [5, 5.41) is 9.09. The third kappa shape index (κ3) is 2.10. The topological polar surface area (TPSA) is 82.1 Å². The van der Waals surface area contributed by atoms with Crippen LogP contribution >= 0.6 is 0 Å². The van der Waals surface area contributed by atoms with Crippen molar-refractivity contribution in [3.05, 3.63) is 35.9 Å². The van der Waals surface area contributed by atoms with Crippen molar-refractivity contribution in [1.29, 1.82) is 0 Å². The van der Waals surface area contributed by atoms with Crippen LogP contribution in [0.5, 0.6) is 0 Å².